The molecule has 1 aromatic carbocycles. The van der Waals surface area contributed by atoms with Gasteiger partial charge in [-0.15, -0.1) is 0 Å². The predicted molar refractivity (Wildman–Crippen MR) is 77.7 cm³/mol. The van der Waals surface area contributed by atoms with Crippen molar-refractivity contribution in [2.45, 2.75) is 31.5 Å². The molecule has 1 nitrogen and oxygen atoms in total. The highest BCUT2D eigenvalue weighted by molar-refractivity contribution is 9.09. The number of benzene rings is 1. The fraction of sp³-hybridized carbons (Fsp3) is 0.400. The summed E-state index contributed by atoms with van der Waals surface area (Å²) in [5, 5.41) is 1.21. The van der Waals surface area contributed by atoms with Gasteiger partial charge in [-0.25, -0.2) is 0 Å². The van der Waals surface area contributed by atoms with E-state index in [1.54, 1.807) is 0 Å². The fourth-order valence-electron chi connectivity index (χ4n) is 2.37. The molecule has 2 unspecified atom stereocenters. The number of halogens is 1. The van der Waals surface area contributed by atoms with E-state index in [2.05, 4.69) is 67.0 Å². The van der Waals surface area contributed by atoms with Crippen LogP contribution in [0.25, 0.3) is 10.9 Å². The quantitative estimate of drug-likeness (QED) is 0.743. The first kappa shape index (κ1) is 12.6. The van der Waals surface area contributed by atoms with Crippen LogP contribution in [0, 0.1) is 5.92 Å². The number of aromatic nitrogens is 1. The smallest absolute Gasteiger partial charge is 0.0705 e. The van der Waals surface area contributed by atoms with Gasteiger partial charge in [-0.1, -0.05) is 61.0 Å². The zero-order chi connectivity index (χ0) is 12.4. The molecule has 0 saturated carbocycles. The number of para-hydroxylation sites is 1. The molecule has 2 aromatic rings. The van der Waals surface area contributed by atoms with Gasteiger partial charge < -0.3 is 0 Å². The van der Waals surface area contributed by atoms with Crippen LogP contribution < -0.4 is 0 Å². The van der Waals surface area contributed by atoms with Crippen LogP contribution in [0.1, 0.15) is 32.4 Å². The number of hydrogen-bond donors (Lipinski definition) is 0. The van der Waals surface area contributed by atoms with E-state index in [-0.39, 0.29) is 0 Å². The van der Waals surface area contributed by atoms with Crippen molar-refractivity contribution in [1.29, 1.82) is 0 Å². The van der Waals surface area contributed by atoms with Gasteiger partial charge in [0, 0.05) is 21.8 Å². The Morgan fingerprint density at radius 2 is 1.71 bits per heavy atom. The number of pyridine rings is 1. The number of fused-ring (bicyclic) bond motifs is 1. The molecule has 0 aliphatic rings. The molecule has 90 valence electrons. The molecule has 0 fully saturated rings. The average molecular weight is 292 g/mol. The van der Waals surface area contributed by atoms with E-state index < -0.39 is 0 Å². The Hall–Kier alpha value is -0.890. The second-order valence-corrected chi connectivity index (χ2v) is 6.32. The molecule has 0 radical (unpaired) electrons. The zero-order valence-electron chi connectivity index (χ0n) is 10.5. The summed E-state index contributed by atoms with van der Waals surface area (Å²) in [4.78, 5) is 5.23. The van der Waals surface area contributed by atoms with Crippen molar-refractivity contribution in [3.8, 4) is 0 Å². The predicted octanol–water partition coefficient (Wildman–Crippen LogP) is 4.76. The standard InChI is InChI=1S/C15H18BrN/c1-10(2)15(11(3)16)14-9-8-12-6-4-5-7-13(12)17-14/h4-11,15H,1-3H3. The van der Waals surface area contributed by atoms with Crippen LogP contribution in [0.4, 0.5) is 0 Å². The minimum absolute atomic E-state index is 0.441. The molecule has 2 atom stereocenters. The molecular weight excluding hydrogens is 274 g/mol. The van der Waals surface area contributed by atoms with Crippen LogP contribution in [-0.2, 0) is 0 Å². The summed E-state index contributed by atoms with van der Waals surface area (Å²) in [6, 6.07) is 12.6. The molecule has 2 rings (SSSR count). The zero-order valence-corrected chi connectivity index (χ0v) is 12.1. The molecule has 17 heavy (non-hydrogen) atoms. The van der Waals surface area contributed by atoms with Crippen molar-refractivity contribution < 1.29 is 0 Å². The summed E-state index contributed by atoms with van der Waals surface area (Å²) in [5.41, 5.74) is 2.27. The number of alkyl halides is 1. The van der Waals surface area contributed by atoms with Crippen LogP contribution in [0.3, 0.4) is 0 Å². The highest BCUT2D eigenvalue weighted by Crippen LogP contribution is 2.31. The largest absolute Gasteiger partial charge is 0.252 e. The van der Waals surface area contributed by atoms with Crippen LogP contribution in [0.2, 0.25) is 0 Å². The van der Waals surface area contributed by atoms with E-state index >= 15 is 0 Å². The van der Waals surface area contributed by atoms with Gasteiger partial charge in [0.05, 0.1) is 5.52 Å². The van der Waals surface area contributed by atoms with Crippen LogP contribution >= 0.6 is 15.9 Å². The molecule has 0 amide bonds. The van der Waals surface area contributed by atoms with E-state index in [9.17, 15) is 0 Å². The van der Waals surface area contributed by atoms with Crippen molar-refractivity contribution in [1.82, 2.24) is 4.98 Å². The molecule has 0 aliphatic heterocycles. The Balaban J connectivity index is 2.47. The van der Waals surface area contributed by atoms with Gasteiger partial charge in [0.15, 0.2) is 0 Å². The SMILES string of the molecule is CC(C)C(c1ccc2ccccc2n1)C(C)Br. The maximum absolute atomic E-state index is 4.79. The number of rotatable bonds is 3. The van der Waals surface area contributed by atoms with Crippen LogP contribution in [0.5, 0.6) is 0 Å². The lowest BCUT2D eigenvalue weighted by Crippen LogP contribution is -2.16. The minimum Gasteiger partial charge on any atom is -0.252 e. The van der Waals surface area contributed by atoms with Crippen molar-refractivity contribution in [3.05, 3.63) is 42.1 Å². The Kier molecular flexibility index (Phi) is 3.82. The molecule has 0 spiro atoms. The number of hydrogen-bond acceptors (Lipinski definition) is 1. The first-order chi connectivity index (χ1) is 8.09. The first-order valence-electron chi connectivity index (χ1n) is 6.09. The van der Waals surface area contributed by atoms with Gasteiger partial charge in [-0.3, -0.25) is 4.98 Å². The molecule has 0 bridgehead atoms. The van der Waals surface area contributed by atoms with Gasteiger partial charge in [-0.2, -0.15) is 0 Å². The minimum atomic E-state index is 0.441. The van der Waals surface area contributed by atoms with Gasteiger partial charge in [0.1, 0.15) is 0 Å². The Morgan fingerprint density at radius 1 is 1.00 bits per heavy atom. The molecular formula is C15H18BrN. The Bertz CT molecular complexity index is 497. The third-order valence-electron chi connectivity index (χ3n) is 3.17. The van der Waals surface area contributed by atoms with E-state index in [4.69, 9.17) is 4.98 Å². The van der Waals surface area contributed by atoms with Crippen molar-refractivity contribution >= 4 is 26.8 Å². The van der Waals surface area contributed by atoms with Gasteiger partial charge >= 0.3 is 0 Å². The van der Waals surface area contributed by atoms with Gasteiger partial charge in [0.2, 0.25) is 0 Å². The maximum atomic E-state index is 4.79. The van der Waals surface area contributed by atoms with E-state index in [1.165, 1.54) is 11.1 Å². The lowest BCUT2D eigenvalue weighted by Gasteiger charge is -2.23. The normalized spacial score (nSPS) is 15.1. The summed E-state index contributed by atoms with van der Waals surface area (Å²) >= 11 is 3.70. The van der Waals surface area contributed by atoms with Gasteiger partial charge in [-0.05, 0) is 18.1 Å². The van der Waals surface area contributed by atoms with Gasteiger partial charge in [0.25, 0.3) is 0 Å². The summed E-state index contributed by atoms with van der Waals surface area (Å²) in [6.07, 6.45) is 0. The van der Waals surface area contributed by atoms with Crippen LogP contribution in [-0.4, -0.2) is 9.81 Å². The molecule has 2 heteroatoms. The molecule has 0 saturated heterocycles. The topological polar surface area (TPSA) is 12.9 Å². The Morgan fingerprint density at radius 3 is 2.35 bits per heavy atom. The lowest BCUT2D eigenvalue weighted by atomic mass is 9.89. The van der Waals surface area contributed by atoms with Crippen molar-refractivity contribution in [2.24, 2.45) is 5.92 Å². The highest BCUT2D eigenvalue weighted by Gasteiger charge is 2.22. The average Bonchev–Trinajstić information content (AvgIpc) is 2.28. The third-order valence-corrected chi connectivity index (χ3v) is 3.74. The number of nitrogens with zero attached hydrogens (tertiary/aromatic N) is 1. The first-order valence-corrected chi connectivity index (χ1v) is 7.01. The highest BCUT2D eigenvalue weighted by atomic mass is 79.9. The second kappa shape index (κ2) is 5.18. The summed E-state index contributed by atoms with van der Waals surface area (Å²) in [5.74, 6) is 1.04. The van der Waals surface area contributed by atoms with E-state index in [0.29, 0.717) is 16.7 Å². The summed E-state index contributed by atoms with van der Waals surface area (Å²) in [6.45, 7) is 6.69. The van der Waals surface area contributed by atoms with Crippen LogP contribution in [0.15, 0.2) is 36.4 Å². The molecule has 1 aromatic heterocycles. The summed E-state index contributed by atoms with van der Waals surface area (Å²) < 4.78 is 0. The molecule has 0 N–H and O–H groups in total. The third kappa shape index (κ3) is 2.68. The summed E-state index contributed by atoms with van der Waals surface area (Å²) in [7, 11) is 0. The molecule has 1 heterocycles. The van der Waals surface area contributed by atoms with Crippen molar-refractivity contribution in [2.75, 3.05) is 0 Å². The molecule has 0 aliphatic carbocycles. The monoisotopic (exact) mass is 291 g/mol. The van der Waals surface area contributed by atoms with E-state index in [1.807, 2.05) is 6.07 Å². The lowest BCUT2D eigenvalue weighted by molar-refractivity contribution is 0.489. The fourth-order valence-corrected chi connectivity index (χ4v) is 3.26. The van der Waals surface area contributed by atoms with Crippen molar-refractivity contribution in [3.63, 3.8) is 0 Å². The second-order valence-electron chi connectivity index (χ2n) is 4.88. The Labute approximate surface area is 111 Å². The maximum Gasteiger partial charge on any atom is 0.0705 e. The van der Waals surface area contributed by atoms with E-state index in [0.717, 1.165) is 5.52 Å².